The number of hydrogen-bond donors (Lipinski definition) is 0. The Labute approximate surface area is 160 Å². The molecule has 1 aromatic carbocycles. The van der Waals surface area contributed by atoms with Crippen molar-refractivity contribution in [3.05, 3.63) is 35.4 Å². The Morgan fingerprint density at radius 2 is 1.62 bits per heavy atom. The lowest BCUT2D eigenvalue weighted by Gasteiger charge is -2.51. The molecule has 24 heavy (non-hydrogen) atoms. The largest absolute Gasteiger partial charge is 1.00 e. The van der Waals surface area contributed by atoms with E-state index in [9.17, 15) is 9.59 Å². The van der Waals surface area contributed by atoms with E-state index in [1.54, 1.807) is 12.1 Å². The number of imide groups is 1. The molecule has 0 aliphatic carbocycles. The van der Waals surface area contributed by atoms with E-state index in [1.165, 1.54) is 43.7 Å². The summed E-state index contributed by atoms with van der Waals surface area (Å²) in [5.74, 6) is 0.263. The van der Waals surface area contributed by atoms with Crippen molar-refractivity contribution in [2.45, 2.75) is 38.1 Å². The van der Waals surface area contributed by atoms with E-state index in [2.05, 4.69) is 7.05 Å². The highest BCUT2D eigenvalue weighted by Gasteiger charge is 2.46. The van der Waals surface area contributed by atoms with Crippen LogP contribution in [0.4, 0.5) is 0 Å². The molecule has 3 atom stereocenters. The Bertz CT molecular complexity index is 624. The third-order valence-corrected chi connectivity index (χ3v) is 6.30. The number of halogens is 1. The average molecular weight is 440 g/mol. The SMILES string of the molecule is C[N+]12CCCCC1C(CN1C(=O)c3ccccc3C1=O)CCC2.[I-]. The minimum absolute atomic E-state index is 0. The van der Waals surface area contributed by atoms with Crippen molar-refractivity contribution in [3.8, 4) is 0 Å². The molecule has 3 aliphatic heterocycles. The Hall–Kier alpha value is -0.950. The monoisotopic (exact) mass is 440 g/mol. The van der Waals surface area contributed by atoms with Gasteiger partial charge in [-0.25, -0.2) is 0 Å². The van der Waals surface area contributed by atoms with Crippen molar-refractivity contribution in [1.29, 1.82) is 0 Å². The Balaban J connectivity index is 0.00000169. The molecule has 2 fully saturated rings. The van der Waals surface area contributed by atoms with Gasteiger partial charge in [0.1, 0.15) is 0 Å². The van der Waals surface area contributed by atoms with Crippen LogP contribution in [0.25, 0.3) is 0 Å². The van der Waals surface area contributed by atoms with Gasteiger partial charge in [0.05, 0.1) is 37.3 Å². The second-order valence-electron chi connectivity index (χ2n) is 7.66. The molecule has 4 nitrogen and oxygen atoms in total. The molecule has 0 spiro atoms. The lowest BCUT2D eigenvalue weighted by atomic mass is 9.81. The van der Waals surface area contributed by atoms with Crippen molar-refractivity contribution in [2.75, 3.05) is 26.7 Å². The van der Waals surface area contributed by atoms with Crippen molar-refractivity contribution in [1.82, 2.24) is 4.90 Å². The minimum Gasteiger partial charge on any atom is -1.00 e. The second kappa shape index (κ2) is 6.75. The lowest BCUT2D eigenvalue weighted by Crippen LogP contribution is -3.00. The summed E-state index contributed by atoms with van der Waals surface area (Å²) >= 11 is 0. The van der Waals surface area contributed by atoms with Crippen molar-refractivity contribution in [3.63, 3.8) is 0 Å². The minimum atomic E-state index is -0.0961. The Morgan fingerprint density at radius 3 is 2.29 bits per heavy atom. The molecule has 0 radical (unpaired) electrons. The molecule has 0 aromatic heterocycles. The summed E-state index contributed by atoms with van der Waals surface area (Å²) in [6.07, 6.45) is 6.20. The number of amides is 2. The highest BCUT2D eigenvalue weighted by atomic mass is 127. The van der Waals surface area contributed by atoms with Crippen LogP contribution in [0.2, 0.25) is 0 Å². The van der Waals surface area contributed by atoms with Crippen LogP contribution < -0.4 is 24.0 Å². The summed E-state index contributed by atoms with van der Waals surface area (Å²) in [7, 11) is 2.37. The van der Waals surface area contributed by atoms with Gasteiger partial charge < -0.3 is 28.5 Å². The van der Waals surface area contributed by atoms with Gasteiger partial charge in [0.15, 0.2) is 0 Å². The molecule has 3 unspecified atom stereocenters. The van der Waals surface area contributed by atoms with Crippen LogP contribution >= 0.6 is 0 Å². The molecule has 3 aliphatic rings. The van der Waals surface area contributed by atoms with Gasteiger partial charge in [-0.3, -0.25) is 14.5 Å². The van der Waals surface area contributed by atoms with Crippen LogP contribution in [0.5, 0.6) is 0 Å². The summed E-state index contributed by atoms with van der Waals surface area (Å²) in [5, 5.41) is 0. The second-order valence-corrected chi connectivity index (χ2v) is 7.66. The van der Waals surface area contributed by atoms with Crippen molar-refractivity contribution >= 4 is 11.8 Å². The summed E-state index contributed by atoms with van der Waals surface area (Å²) < 4.78 is 1.15. The fourth-order valence-electron chi connectivity index (χ4n) is 5.09. The van der Waals surface area contributed by atoms with E-state index >= 15 is 0 Å². The molecule has 0 bridgehead atoms. The topological polar surface area (TPSA) is 37.4 Å². The zero-order valence-corrected chi connectivity index (χ0v) is 16.4. The molecule has 130 valence electrons. The van der Waals surface area contributed by atoms with Crippen LogP contribution in [-0.2, 0) is 0 Å². The molecule has 5 heteroatoms. The molecule has 2 amide bonds. The highest BCUT2D eigenvalue weighted by Crippen LogP contribution is 2.37. The summed E-state index contributed by atoms with van der Waals surface area (Å²) in [6.45, 7) is 3.11. The first-order valence-corrected chi connectivity index (χ1v) is 8.89. The molecule has 3 heterocycles. The smallest absolute Gasteiger partial charge is 0.261 e. The van der Waals surface area contributed by atoms with Gasteiger partial charge in [0.2, 0.25) is 0 Å². The quantitative estimate of drug-likeness (QED) is 0.360. The van der Waals surface area contributed by atoms with E-state index in [0.29, 0.717) is 29.6 Å². The summed E-state index contributed by atoms with van der Waals surface area (Å²) in [6, 6.07) is 7.84. The van der Waals surface area contributed by atoms with Gasteiger partial charge in [-0.15, -0.1) is 0 Å². The Morgan fingerprint density at radius 1 is 1.00 bits per heavy atom. The first-order valence-electron chi connectivity index (χ1n) is 8.89. The number of hydrogen-bond acceptors (Lipinski definition) is 2. The maximum absolute atomic E-state index is 12.6. The fourth-order valence-corrected chi connectivity index (χ4v) is 5.09. The van der Waals surface area contributed by atoms with Crippen LogP contribution in [0, 0.1) is 5.92 Å². The predicted octanol–water partition coefficient (Wildman–Crippen LogP) is -0.304. The fraction of sp³-hybridized carbons (Fsp3) is 0.579. The molecule has 2 saturated heterocycles. The van der Waals surface area contributed by atoms with Gasteiger partial charge in [-0.05, 0) is 37.8 Å². The van der Waals surface area contributed by atoms with Gasteiger partial charge in [0.25, 0.3) is 11.8 Å². The standard InChI is InChI=1S/C19H25N2O2.HI/c1-21-11-5-4-10-17(21)14(7-6-12-21)13-20-18(22)15-8-2-3-9-16(15)19(20)23;/h2-3,8-9,14,17H,4-7,10-13H2,1H3;1H/q+1;/p-1. The number of nitrogens with zero attached hydrogens (tertiary/aromatic N) is 2. The highest BCUT2D eigenvalue weighted by molar-refractivity contribution is 6.21. The molecule has 1 aromatic rings. The third kappa shape index (κ3) is 2.79. The number of carbonyl (C=O) groups is 2. The van der Waals surface area contributed by atoms with Crippen LogP contribution in [0.1, 0.15) is 52.8 Å². The number of benzene rings is 1. The molecular formula is C19H25IN2O2. The zero-order chi connectivity index (χ0) is 16.0. The number of fused-ring (bicyclic) bond motifs is 2. The molecule has 0 saturated carbocycles. The molecular weight excluding hydrogens is 415 g/mol. The maximum atomic E-state index is 12.6. The zero-order valence-electron chi connectivity index (χ0n) is 14.2. The van der Waals surface area contributed by atoms with E-state index in [0.717, 1.165) is 10.9 Å². The molecule has 0 N–H and O–H groups in total. The lowest BCUT2D eigenvalue weighted by molar-refractivity contribution is -0.947. The van der Waals surface area contributed by atoms with E-state index in [1.807, 2.05) is 12.1 Å². The first-order chi connectivity index (χ1) is 11.1. The maximum Gasteiger partial charge on any atom is 0.261 e. The predicted molar refractivity (Wildman–Crippen MR) is 88.1 cm³/mol. The van der Waals surface area contributed by atoms with E-state index in [-0.39, 0.29) is 35.8 Å². The van der Waals surface area contributed by atoms with E-state index in [4.69, 9.17) is 0 Å². The van der Waals surface area contributed by atoms with Gasteiger partial charge in [-0.2, -0.15) is 0 Å². The van der Waals surface area contributed by atoms with Crippen molar-refractivity contribution in [2.24, 2.45) is 5.92 Å². The average Bonchev–Trinajstić information content (AvgIpc) is 2.80. The normalized spacial score (nSPS) is 32.1. The van der Waals surface area contributed by atoms with Gasteiger partial charge >= 0.3 is 0 Å². The number of carbonyl (C=O) groups excluding carboxylic acids is 2. The van der Waals surface area contributed by atoms with E-state index < -0.39 is 0 Å². The van der Waals surface area contributed by atoms with Crippen LogP contribution in [-0.4, -0.2) is 53.9 Å². The third-order valence-electron chi connectivity index (χ3n) is 6.30. The van der Waals surface area contributed by atoms with Gasteiger partial charge in [-0.1, -0.05) is 12.1 Å². The van der Waals surface area contributed by atoms with Crippen molar-refractivity contribution < 1.29 is 38.0 Å². The Kier molecular flexibility index (Phi) is 5.02. The number of quaternary nitrogens is 1. The summed E-state index contributed by atoms with van der Waals surface area (Å²) in [4.78, 5) is 26.8. The van der Waals surface area contributed by atoms with Crippen LogP contribution in [0.3, 0.4) is 0 Å². The molecule has 4 rings (SSSR count). The van der Waals surface area contributed by atoms with Gasteiger partial charge in [0, 0.05) is 18.9 Å². The number of piperidine rings is 2. The summed E-state index contributed by atoms with van der Waals surface area (Å²) in [5.41, 5.74) is 1.16. The van der Waals surface area contributed by atoms with Crippen LogP contribution in [0.15, 0.2) is 24.3 Å². The number of rotatable bonds is 2. The first kappa shape index (κ1) is 17.9.